The van der Waals surface area contributed by atoms with E-state index in [0.717, 1.165) is 49.6 Å². The first-order chi connectivity index (χ1) is 11.7. The number of furan rings is 1. The molecule has 0 aliphatic heterocycles. The number of hydrogen-bond donors (Lipinski definition) is 2. The van der Waals surface area contributed by atoms with Crippen LogP contribution in [0.4, 0.5) is 0 Å². The highest BCUT2D eigenvalue weighted by atomic mass is 127. The summed E-state index contributed by atoms with van der Waals surface area (Å²) in [6.45, 7) is 7.08. The Kier molecular flexibility index (Phi) is 11.1. The summed E-state index contributed by atoms with van der Waals surface area (Å²) in [6.07, 6.45) is 8.53. The zero-order chi connectivity index (χ0) is 17.2. The first-order valence-corrected chi connectivity index (χ1v) is 10.2. The minimum atomic E-state index is -0.709. The van der Waals surface area contributed by atoms with Crippen LogP contribution in [0.2, 0.25) is 0 Å². The Labute approximate surface area is 170 Å². The molecule has 0 bridgehead atoms. The van der Waals surface area contributed by atoms with Gasteiger partial charge in [-0.1, -0.05) is 19.4 Å². The standard InChI is InChI=1S/C18H29N3O2S.HI/c1-3-11-19-18(20-12-10-16-8-6-13-23-16)21-15-7-5-9-17(14-15)24(22)4-2;/h3,6,8,13,15,17H,1,4-5,7,9-12,14H2,2H3,(H2,19,20,21);1H. The van der Waals surface area contributed by atoms with Gasteiger partial charge in [-0.15, -0.1) is 30.6 Å². The van der Waals surface area contributed by atoms with Crippen LogP contribution in [0, 0.1) is 0 Å². The van der Waals surface area contributed by atoms with Crippen LogP contribution in [-0.2, 0) is 17.2 Å². The fraction of sp³-hybridized carbons (Fsp3) is 0.611. The Morgan fingerprint density at radius 2 is 2.36 bits per heavy atom. The van der Waals surface area contributed by atoms with E-state index in [-0.39, 0.29) is 24.0 Å². The van der Waals surface area contributed by atoms with Crippen LogP contribution in [0.15, 0.2) is 40.5 Å². The number of hydrogen-bond acceptors (Lipinski definition) is 3. The summed E-state index contributed by atoms with van der Waals surface area (Å²) >= 11 is 0. The molecule has 1 aliphatic rings. The van der Waals surface area contributed by atoms with Crippen molar-refractivity contribution in [2.24, 2.45) is 4.99 Å². The van der Waals surface area contributed by atoms with Crippen molar-refractivity contribution < 1.29 is 8.63 Å². The van der Waals surface area contributed by atoms with E-state index in [1.807, 2.05) is 25.1 Å². The maximum absolute atomic E-state index is 12.1. The van der Waals surface area contributed by atoms with Gasteiger partial charge in [-0.2, -0.15) is 0 Å². The number of halogens is 1. The smallest absolute Gasteiger partial charge is 0.191 e. The summed E-state index contributed by atoms with van der Waals surface area (Å²) in [5, 5.41) is 7.09. The number of guanidine groups is 1. The molecule has 1 saturated carbocycles. The van der Waals surface area contributed by atoms with Gasteiger partial charge in [0.05, 0.1) is 6.26 Å². The van der Waals surface area contributed by atoms with Gasteiger partial charge in [0.2, 0.25) is 0 Å². The molecule has 0 saturated heterocycles. The van der Waals surface area contributed by atoms with Crippen molar-refractivity contribution >= 4 is 40.7 Å². The average molecular weight is 479 g/mol. The second-order valence-electron chi connectivity index (χ2n) is 6.03. The maximum Gasteiger partial charge on any atom is 0.191 e. The molecule has 2 N–H and O–H groups in total. The molecule has 1 aromatic rings. The molecule has 0 spiro atoms. The van der Waals surface area contributed by atoms with E-state index < -0.39 is 10.8 Å². The van der Waals surface area contributed by atoms with Crippen molar-refractivity contribution in [3.05, 3.63) is 36.8 Å². The van der Waals surface area contributed by atoms with E-state index in [9.17, 15) is 4.21 Å². The molecule has 0 radical (unpaired) electrons. The average Bonchev–Trinajstić information content (AvgIpc) is 3.12. The summed E-state index contributed by atoms with van der Waals surface area (Å²) in [4.78, 5) is 4.63. The molecule has 1 aliphatic carbocycles. The lowest BCUT2D eigenvalue weighted by Gasteiger charge is -2.30. The number of rotatable bonds is 8. The quantitative estimate of drug-likeness (QED) is 0.260. The second kappa shape index (κ2) is 12.5. The van der Waals surface area contributed by atoms with Crippen LogP contribution in [0.1, 0.15) is 38.4 Å². The molecule has 5 nitrogen and oxygen atoms in total. The molecular formula is C18H30IN3O2S. The molecule has 2 rings (SSSR count). The Balaban J connectivity index is 0.00000312. The summed E-state index contributed by atoms with van der Waals surface area (Å²) < 4.78 is 17.4. The summed E-state index contributed by atoms with van der Waals surface area (Å²) in [7, 11) is -0.709. The number of nitrogens with one attached hydrogen (secondary N) is 2. The van der Waals surface area contributed by atoms with Crippen molar-refractivity contribution in [2.45, 2.75) is 50.3 Å². The highest BCUT2D eigenvalue weighted by Crippen LogP contribution is 2.22. The third-order valence-electron chi connectivity index (χ3n) is 4.25. The van der Waals surface area contributed by atoms with Gasteiger partial charge >= 0.3 is 0 Å². The lowest BCUT2D eigenvalue weighted by atomic mass is 9.95. The summed E-state index contributed by atoms with van der Waals surface area (Å²) in [6, 6.07) is 4.19. The third-order valence-corrected chi connectivity index (χ3v) is 5.99. The number of nitrogens with zero attached hydrogens (tertiary/aromatic N) is 1. The maximum atomic E-state index is 12.1. The molecule has 142 valence electrons. The van der Waals surface area contributed by atoms with Gasteiger partial charge in [-0.05, 0) is 31.4 Å². The van der Waals surface area contributed by atoms with Gasteiger partial charge in [0.25, 0.3) is 0 Å². The predicted octanol–water partition coefficient (Wildman–Crippen LogP) is 3.24. The topological polar surface area (TPSA) is 66.6 Å². The first-order valence-electron chi connectivity index (χ1n) is 8.78. The van der Waals surface area contributed by atoms with E-state index >= 15 is 0 Å². The molecular weight excluding hydrogens is 449 g/mol. The van der Waals surface area contributed by atoms with E-state index in [2.05, 4.69) is 22.2 Å². The molecule has 3 unspecified atom stereocenters. The van der Waals surface area contributed by atoms with Gasteiger partial charge in [-0.25, -0.2) is 0 Å². The molecule has 0 aromatic carbocycles. The van der Waals surface area contributed by atoms with Crippen LogP contribution < -0.4 is 10.6 Å². The van der Waals surface area contributed by atoms with Crippen molar-refractivity contribution in [2.75, 3.05) is 18.8 Å². The summed E-state index contributed by atoms with van der Waals surface area (Å²) in [5.74, 6) is 2.49. The minimum absolute atomic E-state index is 0. The van der Waals surface area contributed by atoms with E-state index in [4.69, 9.17) is 4.42 Å². The van der Waals surface area contributed by atoms with E-state index in [1.54, 1.807) is 6.26 Å². The van der Waals surface area contributed by atoms with Crippen LogP contribution in [0.3, 0.4) is 0 Å². The van der Waals surface area contributed by atoms with Crippen molar-refractivity contribution in [3.8, 4) is 0 Å². The molecule has 3 atom stereocenters. The predicted molar refractivity (Wildman–Crippen MR) is 116 cm³/mol. The first kappa shape index (κ1) is 22.2. The Morgan fingerprint density at radius 1 is 1.52 bits per heavy atom. The monoisotopic (exact) mass is 479 g/mol. The van der Waals surface area contributed by atoms with Crippen LogP contribution >= 0.6 is 24.0 Å². The molecule has 1 fully saturated rings. The highest BCUT2D eigenvalue weighted by molar-refractivity contribution is 14.0. The Morgan fingerprint density at radius 3 is 3.04 bits per heavy atom. The van der Waals surface area contributed by atoms with Crippen LogP contribution in [0.25, 0.3) is 0 Å². The molecule has 25 heavy (non-hydrogen) atoms. The fourth-order valence-corrected chi connectivity index (χ4v) is 4.35. The molecule has 1 heterocycles. The molecule has 0 amide bonds. The largest absolute Gasteiger partial charge is 0.469 e. The Bertz CT molecular complexity index is 549. The normalized spacial score (nSPS) is 21.9. The van der Waals surface area contributed by atoms with Gasteiger partial charge in [0.1, 0.15) is 5.76 Å². The minimum Gasteiger partial charge on any atom is -0.469 e. The van der Waals surface area contributed by atoms with Crippen molar-refractivity contribution in [3.63, 3.8) is 0 Å². The molecule has 1 aromatic heterocycles. The zero-order valence-corrected chi connectivity index (χ0v) is 18.1. The summed E-state index contributed by atoms with van der Waals surface area (Å²) in [5.41, 5.74) is 0. The van der Waals surface area contributed by atoms with Gasteiger partial charge in [0, 0.05) is 47.4 Å². The van der Waals surface area contributed by atoms with Crippen LogP contribution in [0.5, 0.6) is 0 Å². The highest BCUT2D eigenvalue weighted by Gasteiger charge is 2.25. The van der Waals surface area contributed by atoms with Crippen molar-refractivity contribution in [1.82, 2.24) is 10.6 Å². The SMILES string of the molecule is C=CCNC(=NCCc1ccco1)NC1CCCC(S(=O)CC)C1.I. The van der Waals surface area contributed by atoms with E-state index in [1.165, 1.54) is 0 Å². The lowest BCUT2D eigenvalue weighted by molar-refractivity contribution is 0.413. The third kappa shape index (κ3) is 7.94. The number of aliphatic imine (C=N–C) groups is 1. The van der Waals surface area contributed by atoms with Crippen molar-refractivity contribution in [1.29, 1.82) is 0 Å². The second-order valence-corrected chi connectivity index (χ2v) is 8.03. The van der Waals surface area contributed by atoms with Gasteiger partial charge < -0.3 is 15.1 Å². The fourth-order valence-electron chi connectivity index (χ4n) is 3.00. The van der Waals surface area contributed by atoms with Gasteiger partial charge in [0.15, 0.2) is 5.96 Å². The van der Waals surface area contributed by atoms with Gasteiger partial charge in [-0.3, -0.25) is 9.20 Å². The zero-order valence-electron chi connectivity index (χ0n) is 14.9. The molecule has 7 heteroatoms. The van der Waals surface area contributed by atoms with Crippen LogP contribution in [-0.4, -0.2) is 40.3 Å². The lowest BCUT2D eigenvalue weighted by Crippen LogP contribution is -2.46. The van der Waals surface area contributed by atoms with E-state index in [0.29, 0.717) is 24.4 Å². The Hall–Kier alpha value is -0.830.